The van der Waals surface area contributed by atoms with Crippen LogP contribution >= 0.6 is 27.5 Å². The number of nitrogens with zero attached hydrogens (tertiary/aromatic N) is 1. The van der Waals surface area contributed by atoms with Gasteiger partial charge in [0.05, 0.1) is 11.3 Å². The number of halogens is 2. The Morgan fingerprint density at radius 3 is 2.28 bits per heavy atom. The van der Waals surface area contributed by atoms with Crippen molar-refractivity contribution in [3.8, 4) is 0 Å². The number of amides is 2. The Morgan fingerprint density at radius 1 is 0.966 bits per heavy atom. The van der Waals surface area contributed by atoms with E-state index in [9.17, 15) is 18.0 Å². The molecule has 6 nitrogen and oxygen atoms in total. The summed E-state index contributed by atoms with van der Waals surface area (Å²) >= 11 is 9.16. The third-order valence-corrected chi connectivity index (χ3v) is 6.87. The number of benzene rings is 3. The number of nitrogens with one attached hydrogen (secondary N) is 1. The van der Waals surface area contributed by atoms with Gasteiger partial charge in [-0.05, 0) is 66.7 Å². The van der Waals surface area contributed by atoms with E-state index in [0.29, 0.717) is 15.0 Å². The van der Waals surface area contributed by atoms with Crippen LogP contribution in [0, 0.1) is 0 Å². The topological polar surface area (TPSA) is 83.6 Å². The van der Waals surface area contributed by atoms with E-state index in [1.807, 2.05) is 0 Å². The predicted octanol–water partition coefficient (Wildman–Crippen LogP) is 4.70. The fourth-order valence-electron chi connectivity index (χ4n) is 2.94. The summed E-state index contributed by atoms with van der Waals surface area (Å²) in [4.78, 5) is 25.1. The number of hydrogen-bond acceptors (Lipinski definition) is 4. The largest absolute Gasteiger partial charge is 0.322 e. The average Bonchev–Trinajstić information content (AvgIpc) is 2.90. The van der Waals surface area contributed by atoms with Crippen LogP contribution in [-0.4, -0.2) is 20.2 Å². The number of fused-ring (bicyclic) bond motifs is 1. The molecule has 1 aliphatic rings. The fraction of sp³-hybridized carbons (Fsp3) is 0. The fourth-order valence-corrected chi connectivity index (χ4v) is 4.95. The molecule has 146 valence electrons. The van der Waals surface area contributed by atoms with Gasteiger partial charge in [0.25, 0.3) is 21.8 Å². The van der Waals surface area contributed by atoms with Crippen LogP contribution in [0.1, 0.15) is 20.7 Å². The third kappa shape index (κ3) is 3.55. The van der Waals surface area contributed by atoms with E-state index in [0.717, 1.165) is 4.47 Å². The van der Waals surface area contributed by atoms with Crippen LogP contribution < -0.4 is 9.62 Å². The van der Waals surface area contributed by atoms with E-state index in [1.54, 1.807) is 24.3 Å². The van der Waals surface area contributed by atoms with Gasteiger partial charge < -0.3 is 5.32 Å². The van der Waals surface area contributed by atoms with Crippen molar-refractivity contribution in [1.82, 2.24) is 0 Å². The molecule has 0 saturated heterocycles. The number of hydrogen-bond donors (Lipinski definition) is 1. The Bertz CT molecular complexity index is 1240. The summed E-state index contributed by atoms with van der Waals surface area (Å²) in [6, 6.07) is 16.8. The summed E-state index contributed by atoms with van der Waals surface area (Å²) in [6.45, 7) is 0. The predicted molar refractivity (Wildman–Crippen MR) is 114 cm³/mol. The van der Waals surface area contributed by atoms with Crippen LogP contribution in [0.2, 0.25) is 5.02 Å². The molecule has 29 heavy (non-hydrogen) atoms. The molecule has 0 saturated carbocycles. The minimum Gasteiger partial charge on any atom is -0.322 e. The summed E-state index contributed by atoms with van der Waals surface area (Å²) in [5, 5.41) is 3.12. The Morgan fingerprint density at radius 2 is 1.62 bits per heavy atom. The number of carbonyl (C=O) groups is 2. The van der Waals surface area contributed by atoms with Gasteiger partial charge in [-0.2, -0.15) is 4.31 Å². The van der Waals surface area contributed by atoms with Gasteiger partial charge in [0.2, 0.25) is 0 Å². The first-order valence-corrected chi connectivity index (χ1v) is 10.9. The molecule has 0 fully saturated rings. The smallest absolute Gasteiger partial charge is 0.273 e. The molecular weight excluding hydrogens is 480 g/mol. The highest BCUT2D eigenvalue weighted by Crippen LogP contribution is 2.35. The first-order valence-electron chi connectivity index (χ1n) is 8.33. The van der Waals surface area contributed by atoms with Gasteiger partial charge in [-0.1, -0.05) is 27.5 Å². The Kier molecular flexibility index (Phi) is 4.94. The molecule has 0 aliphatic carbocycles. The van der Waals surface area contributed by atoms with Crippen LogP contribution in [0.15, 0.2) is 76.1 Å². The normalized spacial score (nSPS) is 14.6. The van der Waals surface area contributed by atoms with Crippen molar-refractivity contribution in [2.75, 3.05) is 9.62 Å². The Labute approximate surface area is 180 Å². The molecule has 2 amide bonds. The lowest BCUT2D eigenvalue weighted by molar-refractivity contribution is 0.100. The number of anilines is 2. The van der Waals surface area contributed by atoms with E-state index in [2.05, 4.69) is 21.2 Å². The van der Waals surface area contributed by atoms with Crippen molar-refractivity contribution in [3.63, 3.8) is 0 Å². The molecule has 3 aromatic carbocycles. The van der Waals surface area contributed by atoms with E-state index < -0.39 is 21.8 Å². The average molecular weight is 492 g/mol. The Balaban J connectivity index is 1.69. The van der Waals surface area contributed by atoms with E-state index in [-0.39, 0.29) is 21.7 Å². The molecule has 9 heteroatoms. The zero-order valence-corrected chi connectivity index (χ0v) is 17.8. The molecule has 0 unspecified atom stereocenters. The van der Waals surface area contributed by atoms with Gasteiger partial charge in [-0.25, -0.2) is 8.42 Å². The van der Waals surface area contributed by atoms with Gasteiger partial charge in [-0.15, -0.1) is 0 Å². The standard InChI is InChI=1S/C20H12BrClN2O4S/c21-13-2-6-15(7-3-13)23-19(25)12-1-10-17-18(11-12)29(27,28)24(20(17)26)16-8-4-14(22)5-9-16/h1-11H,(H,23,25). The van der Waals surface area contributed by atoms with Crippen molar-refractivity contribution < 1.29 is 18.0 Å². The second-order valence-electron chi connectivity index (χ2n) is 6.22. The van der Waals surface area contributed by atoms with Crippen LogP contribution in [-0.2, 0) is 10.0 Å². The SMILES string of the molecule is O=C(Nc1ccc(Br)cc1)c1ccc2c(c1)S(=O)(=O)N(c1ccc(Cl)cc1)C2=O. The number of sulfonamides is 1. The molecule has 0 aromatic heterocycles. The first kappa shape index (κ1) is 19.6. The molecule has 4 rings (SSSR count). The second kappa shape index (κ2) is 7.29. The highest BCUT2D eigenvalue weighted by Gasteiger charge is 2.42. The van der Waals surface area contributed by atoms with Crippen LogP contribution in [0.25, 0.3) is 0 Å². The second-order valence-corrected chi connectivity index (χ2v) is 9.33. The van der Waals surface area contributed by atoms with Crippen LogP contribution in [0.5, 0.6) is 0 Å². The molecule has 0 radical (unpaired) electrons. The van der Waals surface area contributed by atoms with Crippen LogP contribution in [0.3, 0.4) is 0 Å². The van der Waals surface area contributed by atoms with Gasteiger partial charge in [0, 0.05) is 20.7 Å². The molecule has 0 bridgehead atoms. The summed E-state index contributed by atoms with van der Waals surface area (Å²) in [5.74, 6) is -1.16. The maximum atomic E-state index is 13.0. The van der Waals surface area contributed by atoms with E-state index in [1.165, 1.54) is 42.5 Å². The van der Waals surface area contributed by atoms with Crippen LogP contribution in [0.4, 0.5) is 11.4 Å². The maximum absolute atomic E-state index is 13.0. The highest BCUT2D eigenvalue weighted by atomic mass is 79.9. The lowest BCUT2D eigenvalue weighted by Crippen LogP contribution is -2.29. The summed E-state index contributed by atoms with van der Waals surface area (Å²) in [6.07, 6.45) is 0. The minimum absolute atomic E-state index is 0.0140. The van der Waals surface area contributed by atoms with Gasteiger partial charge in [-0.3, -0.25) is 9.59 Å². The summed E-state index contributed by atoms with van der Waals surface area (Å²) in [7, 11) is -4.14. The monoisotopic (exact) mass is 490 g/mol. The molecule has 0 atom stereocenters. The van der Waals surface area contributed by atoms with Gasteiger partial charge in [0.1, 0.15) is 4.90 Å². The van der Waals surface area contributed by atoms with Crippen molar-refractivity contribution in [2.45, 2.75) is 4.90 Å². The summed E-state index contributed by atoms with van der Waals surface area (Å²) < 4.78 is 27.5. The number of rotatable bonds is 3. The summed E-state index contributed by atoms with van der Waals surface area (Å²) in [5.41, 5.74) is 0.873. The van der Waals surface area contributed by atoms with Gasteiger partial charge >= 0.3 is 0 Å². The van der Waals surface area contributed by atoms with E-state index >= 15 is 0 Å². The molecule has 3 aromatic rings. The molecular formula is C20H12BrClN2O4S. The van der Waals surface area contributed by atoms with E-state index in [4.69, 9.17) is 11.6 Å². The minimum atomic E-state index is -4.14. The maximum Gasteiger partial charge on any atom is 0.273 e. The van der Waals surface area contributed by atoms with Crippen molar-refractivity contribution in [1.29, 1.82) is 0 Å². The molecule has 1 heterocycles. The van der Waals surface area contributed by atoms with Crippen molar-refractivity contribution in [3.05, 3.63) is 87.4 Å². The molecule has 1 N–H and O–H groups in total. The quantitative estimate of drug-likeness (QED) is 0.575. The lowest BCUT2D eigenvalue weighted by Gasteiger charge is -2.14. The lowest BCUT2D eigenvalue weighted by atomic mass is 10.1. The third-order valence-electron chi connectivity index (χ3n) is 4.34. The Hall–Kier alpha value is -2.68. The van der Waals surface area contributed by atoms with Crippen molar-refractivity contribution in [2.24, 2.45) is 0 Å². The molecule has 1 aliphatic heterocycles. The first-order chi connectivity index (χ1) is 13.8. The molecule has 0 spiro atoms. The number of carbonyl (C=O) groups excluding carboxylic acids is 2. The zero-order valence-electron chi connectivity index (χ0n) is 14.6. The van der Waals surface area contributed by atoms with Crippen molar-refractivity contribution >= 4 is 60.7 Å². The van der Waals surface area contributed by atoms with Gasteiger partial charge in [0.15, 0.2) is 0 Å². The zero-order chi connectivity index (χ0) is 20.8. The highest BCUT2D eigenvalue weighted by molar-refractivity contribution is 9.10.